The quantitative estimate of drug-likeness (QED) is 0.701. The fraction of sp³-hybridized carbons (Fsp3) is 0.222. The molecule has 2 aromatic carbocycles. The second-order valence-corrected chi connectivity index (χ2v) is 5.47. The lowest BCUT2D eigenvalue weighted by Crippen LogP contribution is -2.16. The third-order valence-electron chi connectivity index (χ3n) is 4.13. The predicted molar refractivity (Wildman–Crippen MR) is 81.0 cm³/mol. The van der Waals surface area contributed by atoms with Crippen LogP contribution in [0.1, 0.15) is 28.5 Å². The molecule has 0 fully saturated rings. The summed E-state index contributed by atoms with van der Waals surface area (Å²) in [6.45, 7) is 2.90. The van der Waals surface area contributed by atoms with Gasteiger partial charge in [0.1, 0.15) is 6.10 Å². The molecule has 4 rings (SSSR count). The van der Waals surface area contributed by atoms with Crippen molar-refractivity contribution in [1.82, 2.24) is 4.98 Å². The number of benzene rings is 2. The Hall–Kier alpha value is -2.06. The van der Waals surface area contributed by atoms with Gasteiger partial charge in [-0.15, -0.1) is 0 Å². The van der Waals surface area contributed by atoms with E-state index in [1.165, 1.54) is 33.3 Å². The van der Waals surface area contributed by atoms with Gasteiger partial charge in [-0.2, -0.15) is 0 Å². The molecule has 0 amide bonds. The number of aryl methyl sites for hydroxylation is 1. The molecule has 2 heterocycles. The SMILES string of the molecule is Cc1ccc(C2OCCc3c2[nH]c2ccccc32)cc1. The molecule has 0 bridgehead atoms. The molecule has 0 spiro atoms. The largest absolute Gasteiger partial charge is 0.367 e. The van der Waals surface area contributed by atoms with Crippen molar-refractivity contribution in [1.29, 1.82) is 0 Å². The average Bonchev–Trinajstić information content (AvgIpc) is 2.87. The summed E-state index contributed by atoms with van der Waals surface area (Å²) in [6.07, 6.45) is 1.02. The highest BCUT2D eigenvalue weighted by atomic mass is 16.5. The van der Waals surface area contributed by atoms with Crippen molar-refractivity contribution in [3.8, 4) is 0 Å². The van der Waals surface area contributed by atoms with Crippen LogP contribution in [0.4, 0.5) is 0 Å². The third-order valence-corrected chi connectivity index (χ3v) is 4.13. The van der Waals surface area contributed by atoms with E-state index in [1.54, 1.807) is 0 Å². The molecule has 3 aromatic rings. The number of fused-ring (bicyclic) bond motifs is 3. The van der Waals surface area contributed by atoms with Gasteiger partial charge in [-0.25, -0.2) is 0 Å². The molecule has 1 unspecified atom stereocenters. The first-order valence-corrected chi connectivity index (χ1v) is 7.10. The fourth-order valence-corrected chi connectivity index (χ4v) is 3.08. The topological polar surface area (TPSA) is 25.0 Å². The van der Waals surface area contributed by atoms with Crippen molar-refractivity contribution in [3.05, 3.63) is 70.9 Å². The summed E-state index contributed by atoms with van der Waals surface area (Å²) in [4.78, 5) is 3.55. The Morgan fingerprint density at radius 2 is 1.85 bits per heavy atom. The van der Waals surface area contributed by atoms with Gasteiger partial charge in [-0.3, -0.25) is 0 Å². The first-order valence-electron chi connectivity index (χ1n) is 7.10. The van der Waals surface area contributed by atoms with Gasteiger partial charge in [0.25, 0.3) is 0 Å². The van der Waals surface area contributed by atoms with Gasteiger partial charge in [0.05, 0.1) is 12.3 Å². The van der Waals surface area contributed by atoms with Gasteiger partial charge in [-0.1, -0.05) is 48.0 Å². The van der Waals surface area contributed by atoms with E-state index in [2.05, 4.69) is 60.4 Å². The monoisotopic (exact) mass is 263 g/mol. The lowest BCUT2D eigenvalue weighted by Gasteiger charge is -2.24. The van der Waals surface area contributed by atoms with Crippen molar-refractivity contribution in [3.63, 3.8) is 0 Å². The van der Waals surface area contributed by atoms with E-state index in [0.717, 1.165) is 13.0 Å². The third kappa shape index (κ3) is 1.76. The molecule has 0 saturated heterocycles. The number of rotatable bonds is 1. The standard InChI is InChI=1S/C18H17NO/c1-12-6-8-13(9-7-12)18-17-15(10-11-20-18)14-4-2-3-5-16(14)19-17/h2-9,18-19H,10-11H2,1H3. The van der Waals surface area contributed by atoms with Crippen LogP contribution in [0.25, 0.3) is 10.9 Å². The lowest BCUT2D eigenvalue weighted by atomic mass is 9.97. The van der Waals surface area contributed by atoms with Gasteiger partial charge in [0.2, 0.25) is 0 Å². The summed E-state index contributed by atoms with van der Waals surface area (Å²) in [5.74, 6) is 0. The lowest BCUT2D eigenvalue weighted by molar-refractivity contribution is 0.0677. The van der Waals surface area contributed by atoms with Crippen LogP contribution in [0.2, 0.25) is 0 Å². The van der Waals surface area contributed by atoms with E-state index < -0.39 is 0 Å². The Kier molecular flexibility index (Phi) is 2.64. The second-order valence-electron chi connectivity index (χ2n) is 5.47. The van der Waals surface area contributed by atoms with E-state index in [1.807, 2.05) is 0 Å². The number of para-hydroxylation sites is 1. The zero-order chi connectivity index (χ0) is 13.5. The highest BCUT2D eigenvalue weighted by molar-refractivity contribution is 5.85. The van der Waals surface area contributed by atoms with E-state index in [-0.39, 0.29) is 6.10 Å². The van der Waals surface area contributed by atoms with Crippen LogP contribution >= 0.6 is 0 Å². The molecule has 0 aliphatic carbocycles. The molecule has 2 nitrogen and oxygen atoms in total. The maximum absolute atomic E-state index is 6.03. The molecule has 100 valence electrons. The van der Waals surface area contributed by atoms with E-state index in [4.69, 9.17) is 4.74 Å². The number of H-pyrrole nitrogens is 1. The van der Waals surface area contributed by atoms with Gasteiger partial charge >= 0.3 is 0 Å². The number of ether oxygens (including phenoxy) is 1. The smallest absolute Gasteiger partial charge is 0.123 e. The van der Waals surface area contributed by atoms with Crippen LogP contribution in [0.15, 0.2) is 48.5 Å². The molecule has 1 N–H and O–H groups in total. The zero-order valence-corrected chi connectivity index (χ0v) is 11.5. The summed E-state index contributed by atoms with van der Waals surface area (Å²) in [7, 11) is 0. The summed E-state index contributed by atoms with van der Waals surface area (Å²) in [6, 6.07) is 17.1. The molecular weight excluding hydrogens is 246 g/mol. The molecule has 1 aromatic heterocycles. The van der Waals surface area contributed by atoms with Crippen LogP contribution in [0.3, 0.4) is 0 Å². The summed E-state index contributed by atoms with van der Waals surface area (Å²) < 4.78 is 6.03. The number of hydrogen-bond acceptors (Lipinski definition) is 1. The molecular formula is C18H17NO. The Morgan fingerprint density at radius 3 is 2.70 bits per heavy atom. The number of aromatic amines is 1. The Labute approximate surface area is 118 Å². The normalized spacial score (nSPS) is 18.1. The van der Waals surface area contributed by atoms with Crippen LogP contribution in [0.5, 0.6) is 0 Å². The number of nitrogens with one attached hydrogen (secondary N) is 1. The van der Waals surface area contributed by atoms with Crippen molar-refractivity contribution >= 4 is 10.9 Å². The summed E-state index contributed by atoms with van der Waals surface area (Å²) in [5, 5.41) is 1.34. The van der Waals surface area contributed by atoms with Crippen molar-refractivity contribution in [2.75, 3.05) is 6.61 Å². The summed E-state index contributed by atoms with van der Waals surface area (Å²) in [5.41, 5.74) is 6.35. The Bertz CT molecular complexity index is 755. The van der Waals surface area contributed by atoms with E-state index >= 15 is 0 Å². The van der Waals surface area contributed by atoms with Crippen LogP contribution in [-0.2, 0) is 11.2 Å². The maximum atomic E-state index is 6.03. The molecule has 1 atom stereocenters. The fourth-order valence-electron chi connectivity index (χ4n) is 3.08. The highest BCUT2D eigenvalue weighted by Gasteiger charge is 2.25. The minimum Gasteiger partial charge on any atom is -0.367 e. The first kappa shape index (κ1) is 11.7. The predicted octanol–water partition coefficient (Wildman–Crippen LogP) is 4.14. The van der Waals surface area contributed by atoms with Crippen molar-refractivity contribution < 1.29 is 4.74 Å². The number of aromatic nitrogens is 1. The zero-order valence-electron chi connectivity index (χ0n) is 11.5. The molecule has 0 saturated carbocycles. The highest BCUT2D eigenvalue weighted by Crippen LogP contribution is 2.36. The minimum absolute atomic E-state index is 0.0340. The molecule has 2 heteroatoms. The van der Waals surface area contributed by atoms with Crippen LogP contribution in [-0.4, -0.2) is 11.6 Å². The van der Waals surface area contributed by atoms with Crippen molar-refractivity contribution in [2.45, 2.75) is 19.4 Å². The molecule has 1 aliphatic rings. The van der Waals surface area contributed by atoms with Crippen molar-refractivity contribution in [2.24, 2.45) is 0 Å². The van der Waals surface area contributed by atoms with Crippen LogP contribution in [0, 0.1) is 6.92 Å². The van der Waals surface area contributed by atoms with Gasteiger partial charge in [-0.05, 0) is 30.5 Å². The Morgan fingerprint density at radius 1 is 1.05 bits per heavy atom. The van der Waals surface area contributed by atoms with E-state index in [9.17, 15) is 0 Å². The minimum atomic E-state index is 0.0340. The molecule has 0 radical (unpaired) electrons. The summed E-state index contributed by atoms with van der Waals surface area (Å²) >= 11 is 0. The number of hydrogen-bond donors (Lipinski definition) is 1. The van der Waals surface area contributed by atoms with Crippen LogP contribution < -0.4 is 0 Å². The van der Waals surface area contributed by atoms with Gasteiger partial charge < -0.3 is 9.72 Å². The molecule has 20 heavy (non-hydrogen) atoms. The molecule has 1 aliphatic heterocycles. The maximum Gasteiger partial charge on any atom is 0.123 e. The first-order chi connectivity index (χ1) is 9.83. The average molecular weight is 263 g/mol. The second kappa shape index (κ2) is 4.50. The van der Waals surface area contributed by atoms with Gasteiger partial charge in [0, 0.05) is 10.9 Å². The Balaban J connectivity index is 1.87. The van der Waals surface area contributed by atoms with Gasteiger partial charge in [0.15, 0.2) is 0 Å². The van der Waals surface area contributed by atoms with E-state index in [0.29, 0.717) is 0 Å².